The molecule has 1 aliphatic heterocycles. The number of sulfonamides is 1. The van der Waals surface area contributed by atoms with Crippen molar-refractivity contribution in [2.45, 2.75) is 17.1 Å². The van der Waals surface area contributed by atoms with E-state index in [0.717, 1.165) is 16.0 Å². The topological polar surface area (TPSA) is 115 Å². The molecule has 13 heteroatoms. The lowest BCUT2D eigenvalue weighted by Gasteiger charge is -2.29. The van der Waals surface area contributed by atoms with E-state index in [1.54, 1.807) is 23.7 Å². The van der Waals surface area contributed by atoms with E-state index in [0.29, 0.717) is 27.5 Å². The largest absolute Gasteiger partial charge is 0.319 e. The summed E-state index contributed by atoms with van der Waals surface area (Å²) in [5.74, 6) is -0.689. The van der Waals surface area contributed by atoms with Crippen LogP contribution in [0.15, 0.2) is 39.5 Å². The summed E-state index contributed by atoms with van der Waals surface area (Å²) in [5, 5.41) is 11.0. The molecule has 164 valence electrons. The summed E-state index contributed by atoms with van der Waals surface area (Å²) in [6.45, 7) is 0.461. The van der Waals surface area contributed by atoms with Crippen molar-refractivity contribution >= 4 is 66.1 Å². The van der Waals surface area contributed by atoms with Crippen LogP contribution >= 0.6 is 34.3 Å². The molecule has 0 unspecified atom stereocenters. The van der Waals surface area contributed by atoms with Gasteiger partial charge in [0.05, 0.1) is 19.5 Å². The Balaban J connectivity index is 1.51. The van der Waals surface area contributed by atoms with Gasteiger partial charge in [-0.3, -0.25) is 14.9 Å². The summed E-state index contributed by atoms with van der Waals surface area (Å²) in [7, 11) is -1.91. The lowest BCUT2D eigenvalue weighted by molar-refractivity contribution is -0.384. The maximum Gasteiger partial charge on any atom is 0.271 e. The molecule has 0 radical (unpaired) electrons. The van der Waals surface area contributed by atoms with E-state index in [1.807, 2.05) is 0 Å². The number of aromatic nitrogens is 1. The first-order chi connectivity index (χ1) is 14.7. The van der Waals surface area contributed by atoms with Gasteiger partial charge in [-0.05, 0) is 31.0 Å². The second-order valence-corrected chi connectivity index (χ2v) is 11.9. The highest BCUT2D eigenvalue weighted by Gasteiger charge is 2.33. The Morgan fingerprint density at radius 2 is 1.94 bits per heavy atom. The van der Waals surface area contributed by atoms with Gasteiger partial charge in [0.25, 0.3) is 21.6 Å². The van der Waals surface area contributed by atoms with Gasteiger partial charge in [0.2, 0.25) is 0 Å². The predicted octanol–water partition coefficient (Wildman–Crippen LogP) is 3.39. The molecule has 3 heterocycles. The zero-order valence-electron chi connectivity index (χ0n) is 16.2. The maximum atomic E-state index is 12.7. The number of fused-ring (bicyclic) bond motifs is 1. The van der Waals surface area contributed by atoms with E-state index in [-0.39, 0.29) is 34.8 Å². The van der Waals surface area contributed by atoms with Crippen LogP contribution in [0.4, 0.5) is 5.69 Å². The zero-order chi connectivity index (χ0) is 22.3. The highest BCUT2D eigenvalue weighted by molar-refractivity contribution is 7.91. The van der Waals surface area contributed by atoms with Gasteiger partial charge in [-0.2, -0.15) is 9.30 Å². The molecule has 31 heavy (non-hydrogen) atoms. The number of hydrogen-bond donors (Lipinski definition) is 0. The van der Waals surface area contributed by atoms with Crippen LogP contribution in [0.2, 0.25) is 4.34 Å². The highest BCUT2D eigenvalue weighted by Crippen LogP contribution is 2.31. The number of amides is 1. The van der Waals surface area contributed by atoms with Crippen molar-refractivity contribution in [1.29, 1.82) is 0 Å². The zero-order valence-corrected chi connectivity index (χ0v) is 19.4. The van der Waals surface area contributed by atoms with Crippen molar-refractivity contribution in [2.75, 3.05) is 13.1 Å². The molecule has 0 aliphatic carbocycles. The van der Waals surface area contributed by atoms with Crippen molar-refractivity contribution in [3.63, 3.8) is 0 Å². The van der Waals surface area contributed by atoms with Gasteiger partial charge < -0.3 is 4.57 Å². The van der Waals surface area contributed by atoms with Gasteiger partial charge >= 0.3 is 0 Å². The number of carbonyl (C=O) groups excluding carboxylic acids is 1. The first kappa shape index (κ1) is 22.1. The molecule has 2 aromatic heterocycles. The third-order valence-corrected chi connectivity index (χ3v) is 9.86. The number of nitro groups is 1. The van der Waals surface area contributed by atoms with E-state index < -0.39 is 14.9 Å². The van der Waals surface area contributed by atoms with Crippen molar-refractivity contribution in [3.8, 4) is 0 Å². The number of hydrogen-bond acceptors (Lipinski definition) is 7. The minimum Gasteiger partial charge on any atom is -0.319 e. The summed E-state index contributed by atoms with van der Waals surface area (Å²) in [4.78, 5) is 28.0. The number of benzene rings is 1. The normalized spacial score (nSPS) is 16.8. The molecule has 1 fully saturated rings. The second-order valence-electron chi connectivity index (χ2n) is 7.04. The number of thiazole rings is 1. The molecule has 0 bridgehead atoms. The fourth-order valence-electron chi connectivity index (χ4n) is 3.43. The van der Waals surface area contributed by atoms with Crippen LogP contribution in [0.1, 0.15) is 12.8 Å². The maximum absolute atomic E-state index is 12.7. The molecule has 1 aliphatic rings. The number of non-ortho nitro benzene ring substituents is 1. The molecule has 0 N–H and O–H groups in total. The molecule has 0 spiro atoms. The van der Waals surface area contributed by atoms with Gasteiger partial charge in [0.1, 0.15) is 4.21 Å². The smallest absolute Gasteiger partial charge is 0.271 e. The van der Waals surface area contributed by atoms with Crippen molar-refractivity contribution in [2.24, 2.45) is 18.0 Å². The van der Waals surface area contributed by atoms with Gasteiger partial charge in [0, 0.05) is 38.2 Å². The lowest BCUT2D eigenvalue weighted by Crippen LogP contribution is -2.40. The van der Waals surface area contributed by atoms with Crippen LogP contribution < -0.4 is 4.80 Å². The highest BCUT2D eigenvalue weighted by atomic mass is 35.5. The van der Waals surface area contributed by atoms with Gasteiger partial charge in [0.15, 0.2) is 4.80 Å². The molecular formula is C18H17ClN4O5S3. The average Bonchev–Trinajstić information content (AvgIpc) is 3.32. The SMILES string of the molecule is Cn1c(=NC(=O)C2CCN(S(=O)(=O)c3ccc(Cl)s3)CC2)sc2ccc([N+](=O)[O-])cc21. The van der Waals surface area contributed by atoms with Crippen LogP contribution in [0.5, 0.6) is 0 Å². The minimum atomic E-state index is -3.62. The Bertz CT molecular complexity index is 1350. The quantitative estimate of drug-likeness (QED) is 0.402. The van der Waals surface area contributed by atoms with E-state index in [9.17, 15) is 23.3 Å². The number of nitrogens with zero attached hydrogens (tertiary/aromatic N) is 4. The van der Waals surface area contributed by atoms with Crippen LogP contribution in [-0.4, -0.2) is 41.2 Å². The molecule has 1 saturated heterocycles. The summed E-state index contributed by atoms with van der Waals surface area (Å²) in [6, 6.07) is 7.55. The van der Waals surface area contributed by atoms with Crippen LogP contribution in [0.25, 0.3) is 10.2 Å². The van der Waals surface area contributed by atoms with Crippen molar-refractivity contribution in [3.05, 3.63) is 49.6 Å². The number of nitro benzene ring substituents is 1. The Morgan fingerprint density at radius 3 is 2.55 bits per heavy atom. The van der Waals surface area contributed by atoms with E-state index in [4.69, 9.17) is 11.6 Å². The third kappa shape index (κ3) is 4.30. The summed E-state index contributed by atoms with van der Waals surface area (Å²) < 4.78 is 29.8. The number of thiophene rings is 1. The number of rotatable bonds is 4. The number of halogens is 1. The first-order valence-electron chi connectivity index (χ1n) is 9.25. The molecule has 9 nitrogen and oxygen atoms in total. The third-order valence-electron chi connectivity index (χ3n) is 5.15. The second kappa shape index (κ2) is 8.43. The van der Waals surface area contributed by atoms with Crippen molar-refractivity contribution in [1.82, 2.24) is 8.87 Å². The minimum absolute atomic E-state index is 0.0283. The molecule has 4 rings (SSSR count). The predicted molar refractivity (Wildman–Crippen MR) is 119 cm³/mol. The Labute approximate surface area is 190 Å². The Morgan fingerprint density at radius 1 is 1.23 bits per heavy atom. The fraction of sp³-hybridized carbons (Fsp3) is 0.333. The molecule has 0 atom stereocenters. The lowest BCUT2D eigenvalue weighted by atomic mass is 9.98. The standard InChI is InChI=1S/C18H17ClN4O5S3/c1-21-13-10-12(23(25)26)2-3-14(13)29-18(21)20-17(24)11-6-8-22(9-7-11)31(27,28)16-5-4-15(19)30-16/h2-5,10-11H,6-9H2,1H3. The molecular weight excluding hydrogens is 484 g/mol. The van der Waals surface area contributed by atoms with Crippen molar-refractivity contribution < 1.29 is 18.1 Å². The fourth-order valence-corrected chi connectivity index (χ4v) is 7.54. The van der Waals surface area contributed by atoms with Crippen LogP contribution in [0.3, 0.4) is 0 Å². The first-order valence-corrected chi connectivity index (χ1v) is 12.7. The van der Waals surface area contributed by atoms with E-state index >= 15 is 0 Å². The van der Waals surface area contributed by atoms with Crippen LogP contribution in [-0.2, 0) is 21.9 Å². The number of aryl methyl sites for hydroxylation is 1. The summed E-state index contributed by atoms with van der Waals surface area (Å²) >= 11 is 8.14. The molecule has 0 saturated carbocycles. The van der Waals surface area contributed by atoms with Gasteiger partial charge in [-0.25, -0.2) is 8.42 Å². The Kier molecular flexibility index (Phi) is 6.01. The van der Waals surface area contributed by atoms with Crippen LogP contribution in [0, 0.1) is 16.0 Å². The van der Waals surface area contributed by atoms with E-state index in [1.165, 1.54) is 33.8 Å². The van der Waals surface area contributed by atoms with Gasteiger partial charge in [-0.15, -0.1) is 11.3 Å². The monoisotopic (exact) mass is 500 g/mol. The number of piperidine rings is 1. The van der Waals surface area contributed by atoms with Gasteiger partial charge in [-0.1, -0.05) is 22.9 Å². The molecule has 1 amide bonds. The Hall–Kier alpha value is -2.12. The van der Waals surface area contributed by atoms with E-state index in [2.05, 4.69) is 4.99 Å². The number of carbonyl (C=O) groups is 1. The summed E-state index contributed by atoms with van der Waals surface area (Å²) in [6.07, 6.45) is 0.751. The molecule has 3 aromatic rings. The molecule has 1 aromatic carbocycles. The average molecular weight is 501 g/mol. The summed E-state index contributed by atoms with van der Waals surface area (Å²) in [5.41, 5.74) is 0.598.